The lowest BCUT2D eigenvalue weighted by atomic mass is 10.2. The van der Waals surface area contributed by atoms with Crippen LogP contribution in [-0.2, 0) is 13.5 Å². The molecule has 0 unspecified atom stereocenters. The van der Waals surface area contributed by atoms with Crippen molar-refractivity contribution in [1.82, 2.24) is 4.57 Å². The Kier molecular flexibility index (Phi) is 2.49. The third kappa shape index (κ3) is 1.71. The second-order valence-electron chi connectivity index (χ2n) is 2.45. The lowest BCUT2D eigenvalue weighted by molar-refractivity contribution is 0.844. The van der Waals surface area contributed by atoms with Gasteiger partial charge in [-0.3, -0.25) is 4.79 Å². The van der Waals surface area contributed by atoms with Crippen LogP contribution in [0.2, 0.25) is 0 Å². The number of hydrogen-bond donors (Lipinski definition) is 0. The molecule has 0 saturated heterocycles. The summed E-state index contributed by atoms with van der Waals surface area (Å²) in [6.07, 6.45) is 2.68. The van der Waals surface area contributed by atoms with Crippen molar-refractivity contribution in [2.45, 2.75) is 13.3 Å². The number of nitrogens with zero attached hydrogens (tertiary/aromatic N) is 1. The molecular formula is C8H10BrNO. The smallest absolute Gasteiger partial charge is 0.250 e. The first-order valence-corrected chi connectivity index (χ1v) is 4.29. The van der Waals surface area contributed by atoms with Crippen LogP contribution in [0.15, 0.2) is 21.5 Å². The predicted molar refractivity (Wildman–Crippen MR) is 48.8 cm³/mol. The summed E-state index contributed by atoms with van der Waals surface area (Å²) in [6.45, 7) is 2.03. The van der Waals surface area contributed by atoms with Gasteiger partial charge in [-0.15, -0.1) is 0 Å². The first kappa shape index (κ1) is 8.53. The molecule has 60 valence electrons. The second-order valence-corrected chi connectivity index (χ2v) is 3.30. The fraction of sp³-hybridized carbons (Fsp3) is 0.375. The normalized spacial score (nSPS) is 10.1. The number of hydrogen-bond acceptors (Lipinski definition) is 1. The van der Waals surface area contributed by atoms with Crippen molar-refractivity contribution < 1.29 is 0 Å². The maximum atomic E-state index is 11.1. The molecule has 0 fully saturated rings. The summed E-state index contributed by atoms with van der Waals surface area (Å²) in [6, 6.07) is 1.66. The molecule has 0 radical (unpaired) electrons. The van der Waals surface area contributed by atoms with Crippen molar-refractivity contribution in [3.63, 3.8) is 0 Å². The van der Waals surface area contributed by atoms with Crippen molar-refractivity contribution >= 4 is 15.9 Å². The molecule has 0 aromatic carbocycles. The standard InChI is InChI=1S/C8H10BrNO/c1-3-6-4-8(11)10(2)5-7(6)9/h4-5H,3H2,1-2H3. The highest BCUT2D eigenvalue weighted by Crippen LogP contribution is 2.13. The van der Waals surface area contributed by atoms with Gasteiger partial charge in [0.05, 0.1) is 0 Å². The van der Waals surface area contributed by atoms with Gasteiger partial charge in [-0.05, 0) is 27.9 Å². The Balaban J connectivity index is 3.32. The Morgan fingerprint density at radius 2 is 2.27 bits per heavy atom. The van der Waals surface area contributed by atoms with Gasteiger partial charge in [0.15, 0.2) is 0 Å². The zero-order valence-corrected chi connectivity index (χ0v) is 8.18. The van der Waals surface area contributed by atoms with Crippen molar-refractivity contribution in [3.05, 3.63) is 32.7 Å². The summed E-state index contributed by atoms with van der Waals surface area (Å²) in [7, 11) is 1.74. The molecule has 1 aromatic heterocycles. The molecule has 1 aromatic rings. The van der Waals surface area contributed by atoms with E-state index < -0.39 is 0 Å². The Morgan fingerprint density at radius 3 is 2.82 bits per heavy atom. The molecule has 2 nitrogen and oxygen atoms in total. The van der Waals surface area contributed by atoms with Gasteiger partial charge in [-0.25, -0.2) is 0 Å². The van der Waals surface area contributed by atoms with Crippen molar-refractivity contribution in [2.75, 3.05) is 0 Å². The van der Waals surface area contributed by atoms with Gasteiger partial charge in [0.25, 0.3) is 5.56 Å². The van der Waals surface area contributed by atoms with E-state index in [-0.39, 0.29) is 5.56 Å². The maximum absolute atomic E-state index is 11.1. The molecule has 1 heterocycles. The lowest BCUT2D eigenvalue weighted by Crippen LogP contribution is -2.15. The van der Waals surface area contributed by atoms with Crippen molar-refractivity contribution in [1.29, 1.82) is 0 Å². The third-order valence-electron chi connectivity index (χ3n) is 1.64. The van der Waals surface area contributed by atoms with Crippen LogP contribution in [0.5, 0.6) is 0 Å². The molecule has 1 rings (SSSR count). The quantitative estimate of drug-likeness (QED) is 0.700. The fourth-order valence-electron chi connectivity index (χ4n) is 0.907. The summed E-state index contributed by atoms with van der Waals surface area (Å²) in [5.74, 6) is 0. The molecule has 0 aliphatic heterocycles. The first-order valence-electron chi connectivity index (χ1n) is 3.50. The van der Waals surface area contributed by atoms with Gasteiger partial charge in [-0.2, -0.15) is 0 Å². The molecule has 0 aliphatic carbocycles. The van der Waals surface area contributed by atoms with E-state index in [1.165, 1.54) is 0 Å². The average Bonchev–Trinajstić information content (AvgIpc) is 1.97. The third-order valence-corrected chi connectivity index (χ3v) is 2.35. The zero-order chi connectivity index (χ0) is 8.43. The second kappa shape index (κ2) is 3.22. The molecule has 0 saturated carbocycles. The molecule has 0 atom stereocenters. The minimum atomic E-state index is 0.0463. The largest absolute Gasteiger partial charge is 0.317 e. The zero-order valence-electron chi connectivity index (χ0n) is 6.60. The Labute approximate surface area is 74.0 Å². The molecule has 11 heavy (non-hydrogen) atoms. The maximum Gasteiger partial charge on any atom is 0.250 e. The van der Waals surface area contributed by atoms with E-state index in [1.54, 1.807) is 23.9 Å². The predicted octanol–water partition coefficient (Wildman–Crippen LogP) is 1.71. The highest BCUT2D eigenvalue weighted by Gasteiger charge is 1.98. The van der Waals surface area contributed by atoms with E-state index in [1.807, 2.05) is 6.92 Å². The van der Waals surface area contributed by atoms with Gasteiger partial charge in [0, 0.05) is 23.8 Å². The van der Waals surface area contributed by atoms with E-state index in [4.69, 9.17) is 0 Å². The number of aromatic nitrogens is 1. The summed E-state index contributed by atoms with van der Waals surface area (Å²) in [5, 5.41) is 0. The summed E-state index contributed by atoms with van der Waals surface area (Å²) < 4.78 is 2.56. The number of halogens is 1. The van der Waals surface area contributed by atoms with E-state index in [0.29, 0.717) is 0 Å². The topological polar surface area (TPSA) is 22.0 Å². The Morgan fingerprint density at radius 1 is 1.64 bits per heavy atom. The number of aryl methyl sites for hydroxylation is 2. The fourth-order valence-corrected chi connectivity index (χ4v) is 1.61. The number of rotatable bonds is 1. The van der Waals surface area contributed by atoms with E-state index in [2.05, 4.69) is 15.9 Å². The number of pyridine rings is 1. The molecule has 3 heteroatoms. The molecule has 0 amide bonds. The van der Waals surface area contributed by atoms with Crippen molar-refractivity contribution in [3.8, 4) is 0 Å². The highest BCUT2D eigenvalue weighted by molar-refractivity contribution is 9.10. The van der Waals surface area contributed by atoms with Crippen LogP contribution in [0.3, 0.4) is 0 Å². The van der Waals surface area contributed by atoms with Gasteiger partial charge >= 0.3 is 0 Å². The average molecular weight is 216 g/mol. The van der Waals surface area contributed by atoms with E-state index >= 15 is 0 Å². The Hall–Kier alpha value is -0.570. The van der Waals surface area contributed by atoms with Crippen LogP contribution in [0.4, 0.5) is 0 Å². The molecular weight excluding hydrogens is 206 g/mol. The minimum absolute atomic E-state index is 0.0463. The first-order chi connectivity index (χ1) is 5.15. The monoisotopic (exact) mass is 215 g/mol. The van der Waals surface area contributed by atoms with Crippen LogP contribution >= 0.6 is 15.9 Å². The molecule has 0 N–H and O–H groups in total. The lowest BCUT2D eigenvalue weighted by Gasteiger charge is -2.02. The van der Waals surface area contributed by atoms with Crippen LogP contribution in [0, 0.1) is 0 Å². The van der Waals surface area contributed by atoms with Gasteiger partial charge < -0.3 is 4.57 Å². The van der Waals surface area contributed by atoms with E-state index in [9.17, 15) is 4.79 Å². The van der Waals surface area contributed by atoms with Crippen LogP contribution in [0.1, 0.15) is 12.5 Å². The SMILES string of the molecule is CCc1cc(=O)n(C)cc1Br. The van der Waals surface area contributed by atoms with Crippen LogP contribution in [0.25, 0.3) is 0 Å². The van der Waals surface area contributed by atoms with Gasteiger partial charge in [0.2, 0.25) is 0 Å². The highest BCUT2D eigenvalue weighted by atomic mass is 79.9. The minimum Gasteiger partial charge on any atom is -0.317 e. The van der Waals surface area contributed by atoms with Gasteiger partial charge in [-0.1, -0.05) is 6.92 Å². The molecule has 0 bridgehead atoms. The van der Waals surface area contributed by atoms with Crippen LogP contribution < -0.4 is 5.56 Å². The van der Waals surface area contributed by atoms with Crippen LogP contribution in [-0.4, -0.2) is 4.57 Å². The van der Waals surface area contributed by atoms with E-state index in [0.717, 1.165) is 16.5 Å². The summed E-state index contributed by atoms with van der Waals surface area (Å²) in [4.78, 5) is 11.1. The molecule has 0 aliphatic rings. The summed E-state index contributed by atoms with van der Waals surface area (Å²) in [5.41, 5.74) is 1.11. The molecule has 0 spiro atoms. The van der Waals surface area contributed by atoms with Crippen molar-refractivity contribution in [2.24, 2.45) is 7.05 Å². The Bertz CT molecular complexity index is 316. The van der Waals surface area contributed by atoms with Gasteiger partial charge in [0.1, 0.15) is 0 Å². The summed E-state index contributed by atoms with van der Waals surface area (Å²) >= 11 is 3.38.